The topological polar surface area (TPSA) is 84.5 Å². The maximum Gasteiger partial charge on any atom is 0.328 e. The highest BCUT2D eigenvalue weighted by Gasteiger charge is 2.20. The number of anilines is 1. The van der Waals surface area contributed by atoms with E-state index in [0.717, 1.165) is 12.0 Å². The predicted molar refractivity (Wildman–Crippen MR) is 104 cm³/mol. The number of esters is 1. The molecule has 2 rings (SSSR count). The molecule has 0 aliphatic heterocycles. The van der Waals surface area contributed by atoms with Gasteiger partial charge in [-0.15, -0.1) is 0 Å². The Morgan fingerprint density at radius 1 is 1.07 bits per heavy atom. The number of rotatable bonds is 7. The summed E-state index contributed by atoms with van der Waals surface area (Å²) in [5.74, 6) is -1.66. The Balaban J connectivity index is 1.85. The molecule has 7 heteroatoms. The monoisotopic (exact) mass is 388 g/mol. The molecule has 6 nitrogen and oxygen atoms in total. The van der Waals surface area contributed by atoms with Crippen molar-refractivity contribution < 1.29 is 19.1 Å². The molecule has 0 saturated carbocycles. The third-order valence-corrected chi connectivity index (χ3v) is 4.17. The highest BCUT2D eigenvalue weighted by atomic mass is 35.5. The SMILES string of the molecule is CCc1ccccc1NC(=O)COC(=O)[C@H](C)NC(=O)c1ccccc1Cl. The van der Waals surface area contributed by atoms with E-state index in [1.807, 2.05) is 25.1 Å². The highest BCUT2D eigenvalue weighted by molar-refractivity contribution is 6.33. The van der Waals surface area contributed by atoms with E-state index < -0.39 is 30.4 Å². The first-order valence-corrected chi connectivity index (χ1v) is 8.90. The average Bonchev–Trinajstić information content (AvgIpc) is 2.66. The van der Waals surface area contributed by atoms with Gasteiger partial charge in [-0.2, -0.15) is 0 Å². The third kappa shape index (κ3) is 5.82. The Hall–Kier alpha value is -2.86. The Labute approximate surface area is 162 Å². The number of amides is 2. The number of halogens is 1. The van der Waals surface area contributed by atoms with Crippen LogP contribution in [-0.2, 0) is 20.7 Å². The van der Waals surface area contributed by atoms with Crippen LogP contribution in [0.3, 0.4) is 0 Å². The molecule has 0 unspecified atom stereocenters. The fraction of sp³-hybridized carbons (Fsp3) is 0.250. The predicted octanol–water partition coefficient (Wildman–Crippen LogP) is 3.20. The van der Waals surface area contributed by atoms with Crippen LogP contribution in [0, 0.1) is 0 Å². The maximum absolute atomic E-state index is 12.1. The fourth-order valence-corrected chi connectivity index (χ4v) is 2.60. The minimum absolute atomic E-state index is 0.257. The summed E-state index contributed by atoms with van der Waals surface area (Å²) in [4.78, 5) is 36.2. The van der Waals surface area contributed by atoms with Crippen LogP contribution in [0.15, 0.2) is 48.5 Å². The molecule has 0 heterocycles. The Bertz CT molecular complexity index is 838. The van der Waals surface area contributed by atoms with Gasteiger partial charge in [0.1, 0.15) is 6.04 Å². The molecule has 0 bridgehead atoms. The first-order valence-electron chi connectivity index (χ1n) is 8.52. The second kappa shape index (κ2) is 9.73. The molecule has 0 aliphatic rings. The number of nitrogens with one attached hydrogen (secondary N) is 2. The molecule has 27 heavy (non-hydrogen) atoms. The average molecular weight is 389 g/mol. The lowest BCUT2D eigenvalue weighted by Gasteiger charge is -2.14. The van der Waals surface area contributed by atoms with E-state index in [-0.39, 0.29) is 10.6 Å². The lowest BCUT2D eigenvalue weighted by Crippen LogP contribution is -2.40. The number of hydrogen-bond donors (Lipinski definition) is 2. The quantitative estimate of drug-likeness (QED) is 0.713. The van der Waals surface area contributed by atoms with Gasteiger partial charge in [-0.1, -0.05) is 48.9 Å². The lowest BCUT2D eigenvalue weighted by molar-refractivity contribution is -0.148. The molecule has 2 N–H and O–H groups in total. The third-order valence-electron chi connectivity index (χ3n) is 3.84. The molecule has 0 radical (unpaired) electrons. The van der Waals surface area contributed by atoms with Crippen molar-refractivity contribution in [3.05, 3.63) is 64.7 Å². The molecule has 2 amide bonds. The Morgan fingerprint density at radius 2 is 1.74 bits per heavy atom. The summed E-state index contributed by atoms with van der Waals surface area (Å²) >= 11 is 5.96. The van der Waals surface area contributed by atoms with Gasteiger partial charge >= 0.3 is 5.97 Å². The number of ether oxygens (including phenoxy) is 1. The van der Waals surface area contributed by atoms with Crippen LogP contribution in [0.1, 0.15) is 29.8 Å². The van der Waals surface area contributed by atoms with Gasteiger partial charge in [-0.05, 0) is 37.1 Å². The van der Waals surface area contributed by atoms with Gasteiger partial charge in [0.15, 0.2) is 6.61 Å². The van der Waals surface area contributed by atoms with Crippen molar-refractivity contribution in [3.8, 4) is 0 Å². The largest absolute Gasteiger partial charge is 0.454 e. The van der Waals surface area contributed by atoms with Crippen molar-refractivity contribution in [1.29, 1.82) is 0 Å². The van der Waals surface area contributed by atoms with Crippen LogP contribution < -0.4 is 10.6 Å². The molecule has 142 valence electrons. The van der Waals surface area contributed by atoms with Gasteiger partial charge < -0.3 is 15.4 Å². The van der Waals surface area contributed by atoms with Crippen LogP contribution in [0.4, 0.5) is 5.69 Å². The summed E-state index contributed by atoms with van der Waals surface area (Å²) in [6.07, 6.45) is 0.765. The van der Waals surface area contributed by atoms with E-state index in [9.17, 15) is 14.4 Å². The summed E-state index contributed by atoms with van der Waals surface area (Å²) in [5, 5.41) is 5.49. The van der Waals surface area contributed by atoms with E-state index >= 15 is 0 Å². The summed E-state index contributed by atoms with van der Waals surface area (Å²) in [7, 11) is 0. The van der Waals surface area contributed by atoms with Crippen molar-refractivity contribution in [2.45, 2.75) is 26.3 Å². The summed E-state index contributed by atoms with van der Waals surface area (Å²) in [6, 6.07) is 13.0. The Kier molecular flexibility index (Phi) is 7.37. The molecule has 0 saturated heterocycles. The first-order chi connectivity index (χ1) is 12.9. The van der Waals surface area contributed by atoms with Crippen LogP contribution in [0.2, 0.25) is 5.02 Å². The van der Waals surface area contributed by atoms with E-state index in [1.54, 1.807) is 30.3 Å². The second-order valence-electron chi connectivity index (χ2n) is 5.84. The van der Waals surface area contributed by atoms with Crippen LogP contribution in [0.5, 0.6) is 0 Å². The molecule has 2 aromatic rings. The van der Waals surface area contributed by atoms with Gasteiger partial charge in [0.05, 0.1) is 10.6 Å². The zero-order valence-electron chi connectivity index (χ0n) is 15.1. The highest BCUT2D eigenvalue weighted by Crippen LogP contribution is 2.16. The van der Waals surface area contributed by atoms with Crippen molar-refractivity contribution in [1.82, 2.24) is 5.32 Å². The van der Waals surface area contributed by atoms with Gasteiger partial charge in [-0.25, -0.2) is 4.79 Å². The van der Waals surface area contributed by atoms with E-state index in [1.165, 1.54) is 6.92 Å². The van der Waals surface area contributed by atoms with Gasteiger partial charge in [0.25, 0.3) is 11.8 Å². The van der Waals surface area contributed by atoms with Crippen molar-refractivity contribution in [3.63, 3.8) is 0 Å². The maximum atomic E-state index is 12.1. The molecular weight excluding hydrogens is 368 g/mol. The van der Waals surface area contributed by atoms with E-state index in [0.29, 0.717) is 5.69 Å². The number of carbonyl (C=O) groups excluding carboxylic acids is 3. The second-order valence-corrected chi connectivity index (χ2v) is 6.25. The van der Waals surface area contributed by atoms with E-state index in [2.05, 4.69) is 10.6 Å². The van der Waals surface area contributed by atoms with Crippen LogP contribution in [0.25, 0.3) is 0 Å². The zero-order valence-corrected chi connectivity index (χ0v) is 15.9. The van der Waals surface area contributed by atoms with Crippen LogP contribution in [-0.4, -0.2) is 30.4 Å². The molecular formula is C20H21ClN2O4. The first kappa shape index (κ1) is 20.5. The molecule has 0 aromatic heterocycles. The van der Waals surface area contributed by atoms with Gasteiger partial charge in [0, 0.05) is 5.69 Å². The van der Waals surface area contributed by atoms with Crippen LogP contribution >= 0.6 is 11.6 Å². The standard InChI is InChI=1S/C20H21ClN2O4/c1-3-14-8-4-7-11-17(14)23-18(24)12-27-20(26)13(2)22-19(25)15-9-5-6-10-16(15)21/h4-11,13H,3,12H2,1-2H3,(H,22,25)(H,23,24)/t13-/m0/s1. The number of para-hydroxylation sites is 1. The molecule has 1 atom stereocenters. The number of hydrogen-bond acceptors (Lipinski definition) is 4. The number of benzene rings is 2. The molecule has 0 aliphatic carbocycles. The zero-order chi connectivity index (χ0) is 19.8. The minimum atomic E-state index is -0.926. The number of aryl methyl sites for hydroxylation is 1. The normalized spacial score (nSPS) is 11.4. The molecule has 0 spiro atoms. The van der Waals surface area contributed by atoms with E-state index in [4.69, 9.17) is 16.3 Å². The molecule has 0 fully saturated rings. The van der Waals surface area contributed by atoms with Gasteiger partial charge in [-0.3, -0.25) is 9.59 Å². The van der Waals surface area contributed by atoms with Crippen molar-refractivity contribution in [2.24, 2.45) is 0 Å². The number of carbonyl (C=O) groups is 3. The smallest absolute Gasteiger partial charge is 0.328 e. The lowest BCUT2D eigenvalue weighted by atomic mass is 10.1. The van der Waals surface area contributed by atoms with Crippen molar-refractivity contribution in [2.75, 3.05) is 11.9 Å². The molecule has 2 aromatic carbocycles. The van der Waals surface area contributed by atoms with Gasteiger partial charge in [0.2, 0.25) is 0 Å². The minimum Gasteiger partial charge on any atom is -0.454 e. The summed E-state index contributed by atoms with van der Waals surface area (Å²) < 4.78 is 4.98. The van der Waals surface area contributed by atoms with Crippen molar-refractivity contribution >= 4 is 35.1 Å². The summed E-state index contributed by atoms with van der Waals surface area (Å²) in [5.41, 5.74) is 1.92. The fourth-order valence-electron chi connectivity index (χ4n) is 2.38. The Morgan fingerprint density at radius 3 is 2.44 bits per heavy atom. The summed E-state index contributed by atoms with van der Waals surface area (Å²) in [6.45, 7) is 3.01.